The Morgan fingerprint density at radius 3 is 2.65 bits per heavy atom. The van der Waals surface area contributed by atoms with Gasteiger partial charge in [-0.05, 0) is 55.7 Å². The van der Waals surface area contributed by atoms with Crippen molar-refractivity contribution < 1.29 is 14.6 Å². The monoisotopic (exact) mass is 234 g/mol. The van der Waals surface area contributed by atoms with Crippen LogP contribution in [0.25, 0.3) is 0 Å². The summed E-state index contributed by atoms with van der Waals surface area (Å²) in [7, 11) is 0. The van der Waals surface area contributed by atoms with Gasteiger partial charge in [0.05, 0.1) is 6.10 Å². The van der Waals surface area contributed by atoms with E-state index in [9.17, 15) is 5.11 Å². The molecule has 1 saturated carbocycles. The number of aliphatic hydroxyl groups is 1. The number of ether oxygens (including phenoxy) is 2. The molecular weight excluding hydrogens is 216 g/mol. The second kappa shape index (κ2) is 4.57. The van der Waals surface area contributed by atoms with Crippen LogP contribution < -0.4 is 9.47 Å². The Kier molecular flexibility index (Phi) is 2.93. The maximum atomic E-state index is 9.48. The van der Waals surface area contributed by atoms with Crippen LogP contribution in [0.2, 0.25) is 0 Å². The number of benzene rings is 1. The van der Waals surface area contributed by atoms with E-state index in [0.29, 0.717) is 12.7 Å². The second-order valence-electron chi connectivity index (χ2n) is 5.07. The van der Waals surface area contributed by atoms with E-state index in [2.05, 4.69) is 12.1 Å². The zero-order valence-electron chi connectivity index (χ0n) is 9.89. The molecule has 0 aromatic heterocycles. The first-order chi connectivity index (χ1) is 8.31. The van der Waals surface area contributed by atoms with E-state index >= 15 is 0 Å². The lowest BCUT2D eigenvalue weighted by molar-refractivity contribution is 0.108. The molecule has 0 spiro atoms. The van der Waals surface area contributed by atoms with Gasteiger partial charge >= 0.3 is 0 Å². The Morgan fingerprint density at radius 2 is 1.82 bits per heavy atom. The molecule has 1 fully saturated rings. The van der Waals surface area contributed by atoms with Gasteiger partial charge in [0.25, 0.3) is 0 Å². The van der Waals surface area contributed by atoms with Crippen molar-refractivity contribution in [2.24, 2.45) is 5.92 Å². The van der Waals surface area contributed by atoms with Crippen molar-refractivity contribution in [2.75, 3.05) is 6.79 Å². The fourth-order valence-corrected chi connectivity index (χ4v) is 2.75. The average molecular weight is 234 g/mol. The molecule has 1 aromatic carbocycles. The summed E-state index contributed by atoms with van der Waals surface area (Å²) in [6, 6.07) is 6.21. The van der Waals surface area contributed by atoms with Crippen molar-refractivity contribution >= 4 is 0 Å². The molecule has 1 heterocycles. The number of hydrogen-bond acceptors (Lipinski definition) is 3. The second-order valence-corrected chi connectivity index (χ2v) is 5.07. The lowest BCUT2D eigenvalue weighted by Gasteiger charge is -2.25. The van der Waals surface area contributed by atoms with Gasteiger partial charge < -0.3 is 14.6 Å². The minimum Gasteiger partial charge on any atom is -0.454 e. The number of fused-ring (bicyclic) bond motifs is 1. The van der Waals surface area contributed by atoms with Gasteiger partial charge in [0.1, 0.15) is 0 Å². The summed E-state index contributed by atoms with van der Waals surface area (Å²) in [5, 5.41) is 9.48. The summed E-state index contributed by atoms with van der Waals surface area (Å²) in [4.78, 5) is 0. The summed E-state index contributed by atoms with van der Waals surface area (Å²) in [5.74, 6) is 2.44. The van der Waals surface area contributed by atoms with Crippen LogP contribution in [0.3, 0.4) is 0 Å². The van der Waals surface area contributed by atoms with E-state index in [1.165, 1.54) is 5.56 Å². The maximum absolute atomic E-state index is 9.48. The smallest absolute Gasteiger partial charge is 0.231 e. The van der Waals surface area contributed by atoms with Crippen molar-refractivity contribution in [3.05, 3.63) is 23.8 Å². The van der Waals surface area contributed by atoms with Crippen LogP contribution in [0, 0.1) is 5.92 Å². The Hall–Kier alpha value is -1.22. The molecular formula is C14H18O3. The van der Waals surface area contributed by atoms with E-state index in [0.717, 1.165) is 43.6 Å². The van der Waals surface area contributed by atoms with Crippen LogP contribution in [0.15, 0.2) is 18.2 Å². The van der Waals surface area contributed by atoms with E-state index in [1.807, 2.05) is 6.07 Å². The highest BCUT2D eigenvalue weighted by Gasteiger charge is 2.20. The van der Waals surface area contributed by atoms with Crippen LogP contribution in [0.4, 0.5) is 0 Å². The van der Waals surface area contributed by atoms with Crippen LogP contribution in [0.1, 0.15) is 31.2 Å². The Labute approximate surface area is 101 Å². The summed E-state index contributed by atoms with van der Waals surface area (Å²) >= 11 is 0. The van der Waals surface area contributed by atoms with Crippen molar-refractivity contribution in [1.29, 1.82) is 0 Å². The fraction of sp³-hybridized carbons (Fsp3) is 0.571. The van der Waals surface area contributed by atoms with Crippen molar-refractivity contribution in [2.45, 2.75) is 38.2 Å². The first-order valence-corrected chi connectivity index (χ1v) is 6.38. The van der Waals surface area contributed by atoms with Crippen molar-refractivity contribution in [1.82, 2.24) is 0 Å². The van der Waals surface area contributed by atoms with Crippen LogP contribution in [-0.4, -0.2) is 18.0 Å². The molecule has 0 saturated heterocycles. The molecule has 3 heteroatoms. The predicted octanol–water partition coefficient (Wildman–Crippen LogP) is 2.51. The quantitative estimate of drug-likeness (QED) is 0.854. The highest BCUT2D eigenvalue weighted by atomic mass is 16.7. The number of rotatable bonds is 2. The maximum Gasteiger partial charge on any atom is 0.231 e. The number of aliphatic hydroxyl groups excluding tert-OH is 1. The first-order valence-electron chi connectivity index (χ1n) is 6.38. The van der Waals surface area contributed by atoms with Gasteiger partial charge in [-0.2, -0.15) is 0 Å². The molecule has 1 N–H and O–H groups in total. The fourth-order valence-electron chi connectivity index (χ4n) is 2.75. The van der Waals surface area contributed by atoms with Crippen LogP contribution in [-0.2, 0) is 6.42 Å². The molecule has 92 valence electrons. The zero-order valence-corrected chi connectivity index (χ0v) is 9.89. The van der Waals surface area contributed by atoms with Gasteiger partial charge in [-0.3, -0.25) is 0 Å². The molecule has 3 nitrogen and oxygen atoms in total. The summed E-state index contributed by atoms with van der Waals surface area (Å²) in [6.07, 6.45) is 5.20. The minimum absolute atomic E-state index is 0.0667. The average Bonchev–Trinajstić information content (AvgIpc) is 2.79. The normalized spacial score (nSPS) is 27.1. The lowest BCUT2D eigenvalue weighted by atomic mass is 9.83. The van der Waals surface area contributed by atoms with E-state index in [4.69, 9.17) is 9.47 Å². The van der Waals surface area contributed by atoms with Gasteiger partial charge in [-0.25, -0.2) is 0 Å². The zero-order chi connectivity index (χ0) is 11.7. The summed E-state index contributed by atoms with van der Waals surface area (Å²) in [5.41, 5.74) is 1.32. The van der Waals surface area contributed by atoms with Crippen molar-refractivity contribution in [3.63, 3.8) is 0 Å². The molecule has 17 heavy (non-hydrogen) atoms. The lowest BCUT2D eigenvalue weighted by Crippen LogP contribution is -2.19. The minimum atomic E-state index is -0.0667. The van der Waals surface area contributed by atoms with Gasteiger partial charge in [-0.15, -0.1) is 0 Å². The summed E-state index contributed by atoms with van der Waals surface area (Å²) in [6.45, 7) is 0.342. The molecule has 0 radical (unpaired) electrons. The molecule has 0 unspecified atom stereocenters. The third-order valence-corrected chi connectivity index (χ3v) is 3.78. The Balaban J connectivity index is 1.65. The van der Waals surface area contributed by atoms with E-state index in [-0.39, 0.29) is 6.10 Å². The topological polar surface area (TPSA) is 38.7 Å². The van der Waals surface area contributed by atoms with E-state index < -0.39 is 0 Å². The molecule has 3 rings (SSSR count). The molecule has 0 amide bonds. The molecule has 1 aliphatic heterocycles. The first kappa shape index (κ1) is 10.9. The van der Waals surface area contributed by atoms with Gasteiger partial charge in [-0.1, -0.05) is 6.07 Å². The number of hydrogen-bond donors (Lipinski definition) is 1. The van der Waals surface area contributed by atoms with Crippen molar-refractivity contribution in [3.8, 4) is 11.5 Å². The molecule has 2 aliphatic rings. The third kappa shape index (κ3) is 2.39. The SMILES string of the molecule is OC1CCC(Cc2ccc3c(c2)OCO3)CC1. The predicted molar refractivity (Wildman–Crippen MR) is 64.2 cm³/mol. The molecule has 0 atom stereocenters. The third-order valence-electron chi connectivity index (χ3n) is 3.78. The molecule has 1 aromatic rings. The largest absolute Gasteiger partial charge is 0.454 e. The highest BCUT2D eigenvalue weighted by Crippen LogP contribution is 2.34. The standard InChI is InChI=1S/C14H18O3/c15-12-4-1-10(2-5-12)7-11-3-6-13-14(8-11)17-9-16-13/h3,6,8,10,12,15H,1-2,4-5,7,9H2. The van der Waals surface area contributed by atoms with Crippen LogP contribution in [0.5, 0.6) is 11.5 Å². The van der Waals surface area contributed by atoms with Gasteiger partial charge in [0, 0.05) is 0 Å². The Bertz CT molecular complexity index is 394. The van der Waals surface area contributed by atoms with Gasteiger partial charge in [0.15, 0.2) is 11.5 Å². The summed E-state index contributed by atoms with van der Waals surface area (Å²) < 4.78 is 10.7. The van der Waals surface area contributed by atoms with Crippen LogP contribution >= 0.6 is 0 Å². The Morgan fingerprint density at radius 1 is 1.06 bits per heavy atom. The molecule has 0 bridgehead atoms. The molecule has 1 aliphatic carbocycles. The highest BCUT2D eigenvalue weighted by molar-refractivity contribution is 5.44. The van der Waals surface area contributed by atoms with E-state index in [1.54, 1.807) is 0 Å². The van der Waals surface area contributed by atoms with Gasteiger partial charge in [0.2, 0.25) is 6.79 Å².